The lowest BCUT2D eigenvalue weighted by Crippen LogP contribution is -2.25. The molecule has 4 N–H and O–H groups in total. The lowest BCUT2D eigenvalue weighted by atomic mass is 10.1. The molecule has 2 saturated carbocycles. The number of primary amides is 1. The van der Waals surface area contributed by atoms with Crippen LogP contribution in [0.2, 0.25) is 5.15 Å². The highest BCUT2D eigenvalue weighted by molar-refractivity contribution is 7.92. The molecular formula is C41H46ClF2N9O8S2. The highest BCUT2D eigenvalue weighted by atomic mass is 35.5. The normalized spacial score (nSPS) is 19.4. The Morgan fingerprint density at radius 2 is 1.16 bits per heavy atom. The molecule has 0 spiro atoms. The molecule has 0 unspecified atom stereocenters. The zero-order chi connectivity index (χ0) is 46.3. The third kappa shape index (κ3) is 10.6. The summed E-state index contributed by atoms with van der Waals surface area (Å²) in [6, 6.07) is 16.9. The number of amides is 3. The van der Waals surface area contributed by atoms with Gasteiger partial charge >= 0.3 is 0 Å². The molecule has 22 heteroatoms. The predicted octanol–water partition coefficient (Wildman–Crippen LogP) is 4.57. The second-order valence-corrected chi connectivity index (χ2v) is 20.0. The Hall–Kier alpha value is -5.93. The fourth-order valence-corrected chi connectivity index (χ4v) is 8.05. The van der Waals surface area contributed by atoms with E-state index in [4.69, 9.17) is 17.3 Å². The van der Waals surface area contributed by atoms with Gasteiger partial charge < -0.3 is 26.2 Å². The number of rotatable bonds is 12. The standard InChI is InChI=1S/C21H23FN4O4S.C16H17ClN4O3S.C4H6FNO/c1-25-11-17-20(21(25)28)16(8-12(23-17)9-19(27)13-10-14(13)22)24-15-6-4-5-7-18(15)26(2)31(3,29)30;1-20-9-12-15(16(20)22)11(8-14(17)19-12)18-10-6-4-5-7-13(10)21(2)25(3,23)24;5-3-1-2(3)4(6)7/h4-8,13-14H,9-11H2,1-3H3,(H,23,24);4-8H,9H2,1-3H3,(H,18,19);2-3H,1H2,(H2,6,7)/t13-,14+;;2-,3+/m1.1/s1. The fraction of sp³-hybridized carbons (Fsp3) is 0.366. The van der Waals surface area contributed by atoms with E-state index < -0.39 is 50.1 Å². The van der Waals surface area contributed by atoms with Crippen LogP contribution in [0.1, 0.15) is 50.6 Å². The van der Waals surface area contributed by atoms with E-state index in [1.807, 2.05) is 0 Å². The van der Waals surface area contributed by atoms with Gasteiger partial charge in [-0.15, -0.1) is 0 Å². The third-order valence-electron chi connectivity index (χ3n) is 10.7. The first-order valence-electron chi connectivity index (χ1n) is 19.4. The smallest absolute Gasteiger partial charge is 0.257 e. The van der Waals surface area contributed by atoms with Gasteiger partial charge in [0.05, 0.1) is 99.8 Å². The van der Waals surface area contributed by atoms with Gasteiger partial charge in [0.1, 0.15) is 23.3 Å². The average Bonchev–Trinajstić information content (AvgIpc) is 4.08. The molecule has 17 nitrogen and oxygen atoms in total. The van der Waals surface area contributed by atoms with Gasteiger partial charge in [-0.1, -0.05) is 35.9 Å². The third-order valence-corrected chi connectivity index (χ3v) is 13.3. The van der Waals surface area contributed by atoms with Crippen molar-refractivity contribution in [2.24, 2.45) is 17.6 Å². The minimum absolute atomic E-state index is 0.0180. The van der Waals surface area contributed by atoms with Crippen molar-refractivity contribution in [3.63, 3.8) is 0 Å². The van der Waals surface area contributed by atoms with Crippen molar-refractivity contribution in [3.8, 4) is 0 Å². The molecule has 0 bridgehead atoms. The molecule has 63 heavy (non-hydrogen) atoms. The number of halogens is 3. The Morgan fingerprint density at radius 3 is 1.56 bits per heavy atom. The summed E-state index contributed by atoms with van der Waals surface area (Å²) in [4.78, 5) is 59.1. The minimum Gasteiger partial charge on any atom is -0.369 e. The maximum absolute atomic E-state index is 13.3. The van der Waals surface area contributed by atoms with Gasteiger partial charge in [-0.2, -0.15) is 0 Å². The van der Waals surface area contributed by atoms with E-state index in [2.05, 4.69) is 20.6 Å². The second kappa shape index (κ2) is 18.0. The van der Waals surface area contributed by atoms with Gasteiger partial charge in [0.25, 0.3) is 11.8 Å². The summed E-state index contributed by atoms with van der Waals surface area (Å²) in [6.07, 6.45) is 0.796. The zero-order valence-electron chi connectivity index (χ0n) is 35.1. The number of sulfonamides is 2. The highest BCUT2D eigenvalue weighted by Crippen LogP contribution is 2.39. The van der Waals surface area contributed by atoms with Crippen LogP contribution in [-0.2, 0) is 49.1 Å². The number of carbonyl (C=O) groups is 4. The number of Topliss-reactive ketones (excluding diaryl/α,β-unsaturated/α-hetero) is 1. The number of benzene rings is 2. The van der Waals surface area contributed by atoms with E-state index in [1.54, 1.807) is 79.7 Å². The molecular weight excluding hydrogens is 884 g/mol. The van der Waals surface area contributed by atoms with Gasteiger partial charge in [0.2, 0.25) is 26.0 Å². The molecule has 2 fully saturated rings. The minimum atomic E-state index is -3.51. The van der Waals surface area contributed by atoms with E-state index >= 15 is 0 Å². The van der Waals surface area contributed by atoms with Crippen LogP contribution in [0.4, 0.5) is 42.9 Å². The monoisotopic (exact) mass is 929 g/mol. The Kier molecular flexibility index (Phi) is 13.3. The first-order chi connectivity index (χ1) is 29.5. The SMILES string of the molecule is CN1Cc2nc(CC(=O)[C@@H]3C[C@@H]3F)cc(Nc3ccccc3N(C)S(C)(=O)=O)c2C1=O.CN1Cc2nc(Cl)cc(Nc3ccccc3N(C)S(C)(=O)=O)c2C1=O.NC(=O)[C@@H]1C[C@@H]1F. The van der Waals surface area contributed by atoms with Crippen molar-refractivity contribution >= 4 is 89.3 Å². The molecule has 0 saturated heterocycles. The summed E-state index contributed by atoms with van der Waals surface area (Å²) in [5, 5.41) is 6.57. The number of nitrogens with two attached hydrogens (primary N) is 1. The van der Waals surface area contributed by atoms with Crippen LogP contribution in [0.25, 0.3) is 0 Å². The molecule has 2 aromatic heterocycles. The van der Waals surface area contributed by atoms with Gasteiger partial charge in [-0.05, 0) is 49.2 Å². The number of anilines is 6. The predicted molar refractivity (Wildman–Crippen MR) is 235 cm³/mol. The van der Waals surface area contributed by atoms with Crippen LogP contribution in [-0.4, -0.2) is 113 Å². The lowest BCUT2D eigenvalue weighted by molar-refractivity contribution is -0.120. The summed E-state index contributed by atoms with van der Waals surface area (Å²) in [7, 11) is -0.682. The number of alkyl halides is 2. The van der Waals surface area contributed by atoms with Crippen LogP contribution in [0.5, 0.6) is 0 Å². The lowest BCUT2D eigenvalue weighted by Gasteiger charge is -2.21. The summed E-state index contributed by atoms with van der Waals surface area (Å²) in [6.45, 7) is 0.680. The first-order valence-corrected chi connectivity index (χ1v) is 23.5. The number of ketones is 1. The average molecular weight is 930 g/mol. The number of nitrogens with zero attached hydrogens (tertiary/aromatic N) is 6. The Bertz CT molecular complexity index is 2730. The second-order valence-electron chi connectivity index (χ2n) is 15.6. The molecule has 4 aromatic rings. The summed E-state index contributed by atoms with van der Waals surface area (Å²) >= 11 is 6.08. The topological polar surface area (TPSA) is 225 Å². The van der Waals surface area contributed by atoms with Gasteiger partial charge in [0, 0.05) is 34.6 Å². The maximum Gasteiger partial charge on any atom is 0.257 e. The number of aromatic nitrogens is 2. The largest absolute Gasteiger partial charge is 0.369 e. The molecule has 3 amide bonds. The number of nitrogens with one attached hydrogen (secondary N) is 2. The summed E-state index contributed by atoms with van der Waals surface area (Å²) < 4.78 is 75.2. The van der Waals surface area contributed by atoms with E-state index in [1.165, 1.54) is 23.3 Å². The van der Waals surface area contributed by atoms with Gasteiger partial charge in [-0.3, -0.25) is 32.8 Å². The van der Waals surface area contributed by atoms with Crippen LogP contribution < -0.4 is 25.0 Å². The number of para-hydroxylation sites is 4. The van der Waals surface area contributed by atoms with E-state index in [0.29, 0.717) is 81.8 Å². The van der Waals surface area contributed by atoms with Crippen LogP contribution in [0.3, 0.4) is 0 Å². The van der Waals surface area contributed by atoms with E-state index in [0.717, 1.165) is 16.8 Å². The number of hydrogen-bond acceptors (Lipinski definition) is 12. The zero-order valence-corrected chi connectivity index (χ0v) is 37.5. The van der Waals surface area contributed by atoms with Crippen molar-refractivity contribution in [3.05, 3.63) is 94.0 Å². The number of fused-ring (bicyclic) bond motifs is 2. The molecule has 4 heterocycles. The molecule has 4 aliphatic rings. The van der Waals surface area contributed by atoms with E-state index in [9.17, 15) is 44.8 Å². The molecule has 8 rings (SSSR count). The maximum atomic E-state index is 13.3. The molecule has 0 radical (unpaired) electrons. The van der Waals surface area contributed by atoms with Crippen LogP contribution in [0, 0.1) is 11.8 Å². The molecule has 2 aromatic carbocycles. The first kappa shape index (κ1) is 46.6. The molecule has 4 atom stereocenters. The molecule has 2 aliphatic heterocycles. The van der Waals surface area contributed by atoms with E-state index in [-0.39, 0.29) is 35.6 Å². The molecule has 2 aliphatic carbocycles. The number of pyridine rings is 2. The van der Waals surface area contributed by atoms with Gasteiger partial charge in [-0.25, -0.2) is 30.6 Å². The Morgan fingerprint density at radius 1 is 0.746 bits per heavy atom. The molecule has 336 valence electrons. The van der Waals surface area contributed by atoms with Crippen molar-refractivity contribution in [1.29, 1.82) is 0 Å². The fourth-order valence-electron chi connectivity index (χ4n) is 6.81. The summed E-state index contributed by atoms with van der Waals surface area (Å²) in [5.74, 6) is -2.12. The van der Waals surface area contributed by atoms with Crippen molar-refractivity contribution in [2.45, 2.75) is 44.7 Å². The van der Waals surface area contributed by atoms with Crippen molar-refractivity contribution in [2.75, 3.05) is 59.9 Å². The van der Waals surface area contributed by atoms with Crippen LogP contribution in [0.15, 0.2) is 60.7 Å². The Labute approximate surface area is 368 Å². The quantitative estimate of drug-likeness (QED) is 0.166. The number of carbonyl (C=O) groups excluding carboxylic acids is 4. The number of hydrogen-bond donors (Lipinski definition) is 3. The van der Waals surface area contributed by atoms with Crippen LogP contribution >= 0.6 is 11.6 Å². The van der Waals surface area contributed by atoms with Crippen molar-refractivity contribution < 1.29 is 44.8 Å². The van der Waals surface area contributed by atoms with Crippen molar-refractivity contribution in [1.82, 2.24) is 19.8 Å². The summed E-state index contributed by atoms with van der Waals surface area (Å²) in [5.41, 5.74) is 9.94. The van der Waals surface area contributed by atoms with Gasteiger partial charge in [0.15, 0.2) is 0 Å². The highest BCUT2D eigenvalue weighted by Gasteiger charge is 2.44. The Balaban J connectivity index is 0.000000184.